The summed E-state index contributed by atoms with van der Waals surface area (Å²) in [6, 6.07) is 15.3. The number of ketones is 1. The number of halogens is 1. The van der Waals surface area contributed by atoms with Gasteiger partial charge in [-0.15, -0.1) is 21.5 Å². The van der Waals surface area contributed by atoms with Crippen molar-refractivity contribution in [3.05, 3.63) is 92.3 Å². The monoisotopic (exact) mass is 655 g/mol. The maximum absolute atomic E-state index is 13.7. The number of nitrogens with zero attached hydrogens (tertiary/aromatic N) is 3. The highest BCUT2D eigenvalue weighted by Gasteiger charge is 2.46. The van der Waals surface area contributed by atoms with Crippen molar-refractivity contribution in [2.24, 2.45) is 5.92 Å². The van der Waals surface area contributed by atoms with Crippen molar-refractivity contribution in [3.8, 4) is 11.5 Å². The third kappa shape index (κ3) is 7.06. The third-order valence-electron chi connectivity index (χ3n) is 6.61. The molecule has 0 bridgehead atoms. The number of carbonyl (C=O) groups is 2. The Kier molecular flexibility index (Phi) is 10.1. The number of amides is 1. The van der Waals surface area contributed by atoms with Gasteiger partial charge in [-0.3, -0.25) is 14.5 Å². The fourth-order valence-corrected chi connectivity index (χ4v) is 7.09. The average Bonchev–Trinajstić information content (AvgIpc) is 3.74. The molecule has 0 aliphatic carbocycles. The molecule has 0 spiro atoms. The molecule has 0 saturated carbocycles. The molecule has 224 valence electrons. The number of aliphatic hydroxyl groups is 1. The number of ether oxygens (including phenoxy) is 2. The molecule has 2 aromatic heterocycles. The largest absolute Gasteiger partial charge is 0.503 e. The minimum Gasteiger partial charge on any atom is -0.503 e. The first kappa shape index (κ1) is 31.1. The molecule has 1 aliphatic heterocycles. The van der Waals surface area contributed by atoms with Crippen LogP contribution >= 0.6 is 46.0 Å². The molecule has 12 heteroatoms. The highest BCUT2D eigenvalue weighted by Crippen LogP contribution is 2.46. The molecule has 1 unspecified atom stereocenters. The van der Waals surface area contributed by atoms with Crippen LogP contribution in [0.15, 0.2) is 75.6 Å². The Bertz CT molecular complexity index is 1620. The Hall–Kier alpha value is -3.38. The van der Waals surface area contributed by atoms with Crippen molar-refractivity contribution in [2.75, 3.05) is 18.1 Å². The van der Waals surface area contributed by atoms with Crippen LogP contribution in [-0.4, -0.2) is 40.2 Å². The van der Waals surface area contributed by atoms with E-state index in [0.717, 1.165) is 12.0 Å². The number of thioether (sulfide) groups is 1. The molecule has 0 fully saturated rings. The van der Waals surface area contributed by atoms with Gasteiger partial charge in [0, 0.05) is 10.8 Å². The summed E-state index contributed by atoms with van der Waals surface area (Å²) in [7, 11) is 0. The zero-order chi connectivity index (χ0) is 30.5. The lowest BCUT2D eigenvalue weighted by molar-refractivity contribution is -0.117. The summed E-state index contributed by atoms with van der Waals surface area (Å²) >= 11 is 9.93. The summed E-state index contributed by atoms with van der Waals surface area (Å²) in [5.41, 5.74) is 1.61. The Morgan fingerprint density at radius 3 is 2.60 bits per heavy atom. The molecule has 0 saturated heterocycles. The van der Waals surface area contributed by atoms with Gasteiger partial charge in [0.2, 0.25) is 10.9 Å². The predicted octanol–water partition coefficient (Wildman–Crippen LogP) is 8.15. The van der Waals surface area contributed by atoms with Crippen molar-refractivity contribution in [1.29, 1.82) is 0 Å². The third-order valence-corrected chi connectivity index (χ3v) is 9.86. The van der Waals surface area contributed by atoms with Crippen LogP contribution < -0.4 is 14.4 Å². The van der Waals surface area contributed by atoms with Gasteiger partial charge in [0.1, 0.15) is 0 Å². The molecule has 4 aromatic rings. The van der Waals surface area contributed by atoms with E-state index in [-0.39, 0.29) is 10.7 Å². The topological polar surface area (TPSA) is 102 Å². The fourth-order valence-electron chi connectivity index (χ4n) is 4.46. The fraction of sp³-hybridized carbons (Fsp3) is 0.290. The number of Topliss-reactive ketones (excluding diaryl/α,β-unsaturated/α-hetero) is 1. The van der Waals surface area contributed by atoms with Gasteiger partial charge in [-0.2, -0.15) is 0 Å². The van der Waals surface area contributed by atoms with Gasteiger partial charge in [-0.25, -0.2) is 0 Å². The normalized spacial score (nSPS) is 15.0. The van der Waals surface area contributed by atoms with Crippen LogP contribution in [0.2, 0.25) is 5.02 Å². The Morgan fingerprint density at radius 1 is 1.12 bits per heavy atom. The summed E-state index contributed by atoms with van der Waals surface area (Å²) < 4.78 is 12.6. The highest BCUT2D eigenvalue weighted by atomic mass is 35.5. The lowest BCUT2D eigenvalue weighted by Gasteiger charge is -2.25. The Labute approximate surface area is 267 Å². The van der Waals surface area contributed by atoms with E-state index >= 15 is 0 Å². The number of carbonyl (C=O) groups excluding carboxylic acids is 2. The van der Waals surface area contributed by atoms with Crippen molar-refractivity contribution >= 4 is 62.9 Å². The van der Waals surface area contributed by atoms with Crippen molar-refractivity contribution in [3.63, 3.8) is 0 Å². The summed E-state index contributed by atoms with van der Waals surface area (Å²) in [4.78, 5) is 29.1. The first-order valence-corrected chi connectivity index (χ1v) is 16.8. The molecule has 8 nitrogen and oxygen atoms in total. The van der Waals surface area contributed by atoms with E-state index in [2.05, 4.69) is 24.0 Å². The van der Waals surface area contributed by atoms with E-state index in [1.165, 1.54) is 39.3 Å². The zero-order valence-corrected chi connectivity index (χ0v) is 27.0. The van der Waals surface area contributed by atoms with Crippen molar-refractivity contribution in [1.82, 2.24) is 10.2 Å². The van der Waals surface area contributed by atoms with E-state index in [1.807, 2.05) is 31.2 Å². The van der Waals surface area contributed by atoms with E-state index in [4.69, 9.17) is 21.1 Å². The van der Waals surface area contributed by atoms with Crippen LogP contribution in [0.5, 0.6) is 11.5 Å². The van der Waals surface area contributed by atoms with Gasteiger partial charge in [0.15, 0.2) is 21.6 Å². The van der Waals surface area contributed by atoms with Gasteiger partial charge in [0.05, 0.1) is 29.7 Å². The van der Waals surface area contributed by atoms with Crippen LogP contribution in [0.25, 0.3) is 0 Å². The van der Waals surface area contributed by atoms with Crippen molar-refractivity contribution in [2.45, 2.75) is 43.3 Å². The maximum Gasteiger partial charge on any atom is 0.296 e. The highest BCUT2D eigenvalue weighted by molar-refractivity contribution is 8.00. The molecule has 3 heterocycles. The van der Waals surface area contributed by atoms with Gasteiger partial charge in [-0.05, 0) is 66.1 Å². The van der Waals surface area contributed by atoms with Crippen LogP contribution in [-0.2, 0) is 10.5 Å². The number of aliphatic hydroxyl groups excluding tert-OH is 1. The number of aromatic nitrogens is 2. The molecule has 1 atom stereocenters. The summed E-state index contributed by atoms with van der Waals surface area (Å²) in [5, 5.41) is 22.4. The summed E-state index contributed by atoms with van der Waals surface area (Å²) in [5.74, 6) is 0.415. The van der Waals surface area contributed by atoms with Gasteiger partial charge < -0.3 is 14.6 Å². The predicted molar refractivity (Wildman–Crippen MR) is 172 cm³/mol. The van der Waals surface area contributed by atoms with Crippen LogP contribution in [0.1, 0.15) is 54.0 Å². The van der Waals surface area contributed by atoms with Gasteiger partial charge in [0.25, 0.3) is 5.91 Å². The minimum absolute atomic E-state index is 0.0195. The zero-order valence-electron chi connectivity index (χ0n) is 23.8. The van der Waals surface area contributed by atoms with Gasteiger partial charge in [-0.1, -0.05) is 72.8 Å². The second kappa shape index (κ2) is 13.9. The van der Waals surface area contributed by atoms with Crippen molar-refractivity contribution < 1.29 is 24.2 Å². The minimum atomic E-state index is -0.951. The van der Waals surface area contributed by atoms with Crippen LogP contribution in [0.3, 0.4) is 0 Å². The number of benzene rings is 2. The molecule has 43 heavy (non-hydrogen) atoms. The second-order valence-corrected chi connectivity index (χ2v) is 13.6. The maximum atomic E-state index is 13.7. The molecule has 1 amide bonds. The smallest absolute Gasteiger partial charge is 0.296 e. The molecule has 0 radical (unpaired) electrons. The quantitative estimate of drug-likeness (QED) is 0.0875. The second-order valence-electron chi connectivity index (χ2n) is 10.1. The molecular formula is C31H30ClN3O5S3. The number of anilines is 1. The number of thiophene rings is 1. The lowest BCUT2D eigenvalue weighted by atomic mass is 9.95. The van der Waals surface area contributed by atoms with Gasteiger partial charge >= 0.3 is 0 Å². The summed E-state index contributed by atoms with van der Waals surface area (Å²) in [6.45, 7) is 7.04. The van der Waals surface area contributed by atoms with E-state index in [0.29, 0.717) is 56.2 Å². The number of hydrogen-bond donors (Lipinski definition) is 1. The first-order valence-electron chi connectivity index (χ1n) is 13.7. The Morgan fingerprint density at radius 2 is 1.91 bits per heavy atom. The van der Waals surface area contributed by atoms with Crippen LogP contribution in [0.4, 0.5) is 5.13 Å². The lowest BCUT2D eigenvalue weighted by Crippen LogP contribution is -2.31. The number of hydrogen-bond acceptors (Lipinski definition) is 10. The SMILES string of the molecule is CCOc1cc(C2C(C(=O)c3cccs3)=C(O)C(=O)N2c2nnc(SCc3ccc(Cl)cc3)s2)ccc1OCCC(C)C. The average molecular weight is 656 g/mol. The molecule has 1 N–H and O–H groups in total. The van der Waals surface area contributed by atoms with E-state index in [1.54, 1.807) is 35.7 Å². The molecule has 5 rings (SSSR count). The molecule has 2 aromatic carbocycles. The van der Waals surface area contributed by atoms with Crippen LogP contribution in [0, 0.1) is 5.92 Å². The molecule has 1 aliphatic rings. The van der Waals surface area contributed by atoms with E-state index in [9.17, 15) is 14.7 Å². The number of rotatable bonds is 13. The first-order chi connectivity index (χ1) is 20.8. The molecular weight excluding hydrogens is 626 g/mol. The Balaban J connectivity index is 1.50. The standard InChI is InChI=1S/C31H30ClN3O5S3/c1-4-39-23-16-20(9-12-22(23)40-14-13-18(2)3)26-25(27(36)24-6-5-15-41-24)28(37)29(38)35(26)30-33-34-31(43-30)42-17-19-7-10-21(32)11-8-19/h5-12,15-16,18,26,37H,4,13-14,17H2,1-3H3. The van der Waals surface area contributed by atoms with E-state index < -0.39 is 23.5 Å². The summed E-state index contributed by atoms with van der Waals surface area (Å²) in [6.07, 6.45) is 0.879.